The smallest absolute Gasteiger partial charge is 0.158 e. The lowest BCUT2D eigenvalue weighted by molar-refractivity contribution is 0.590. The number of para-hydroxylation sites is 2. The highest BCUT2D eigenvalue weighted by Gasteiger charge is 2.17. The summed E-state index contributed by atoms with van der Waals surface area (Å²) < 4.78 is 6.31. The Labute approximate surface area is 177 Å². The maximum Gasteiger partial charge on any atom is 0.158 e. The molecule has 0 radical (unpaired) electrons. The molecule has 0 unspecified atom stereocenters. The number of hydrogen-bond donors (Lipinski definition) is 1. The molecule has 0 spiro atoms. The Hall–Kier alpha value is -3.52. The molecule has 0 fully saturated rings. The van der Waals surface area contributed by atoms with E-state index in [1.165, 1.54) is 16.7 Å². The van der Waals surface area contributed by atoms with Crippen LogP contribution in [0.5, 0.6) is 0 Å². The summed E-state index contributed by atoms with van der Waals surface area (Å²) in [6.45, 7) is 6.72. The molecule has 0 atom stereocenters. The van der Waals surface area contributed by atoms with Gasteiger partial charge in [0.25, 0.3) is 0 Å². The summed E-state index contributed by atoms with van der Waals surface area (Å²) in [7, 11) is 0. The summed E-state index contributed by atoms with van der Waals surface area (Å²) in [5, 5.41) is 5.93. The van der Waals surface area contributed by atoms with E-state index in [9.17, 15) is 0 Å². The van der Waals surface area contributed by atoms with Gasteiger partial charge in [0.05, 0.1) is 5.69 Å². The lowest BCUT2D eigenvalue weighted by atomic mass is 9.86. The lowest BCUT2D eigenvalue weighted by Gasteiger charge is -2.18. The molecule has 0 saturated carbocycles. The van der Waals surface area contributed by atoms with Crippen LogP contribution in [0.4, 0.5) is 11.4 Å². The van der Waals surface area contributed by atoms with Gasteiger partial charge in [-0.2, -0.15) is 0 Å². The van der Waals surface area contributed by atoms with E-state index in [-0.39, 0.29) is 5.41 Å². The molecule has 0 aliphatic carbocycles. The SMILES string of the molecule is CC(C)(C)c1ccc2oc3c(Nc4ccccc4-c4ccccc4)cccc3c2c1. The van der Waals surface area contributed by atoms with Gasteiger partial charge in [0.2, 0.25) is 0 Å². The highest BCUT2D eigenvalue weighted by Crippen LogP contribution is 2.38. The summed E-state index contributed by atoms with van der Waals surface area (Å²) >= 11 is 0. The zero-order valence-corrected chi connectivity index (χ0v) is 17.6. The van der Waals surface area contributed by atoms with Crippen molar-refractivity contribution in [3.8, 4) is 11.1 Å². The van der Waals surface area contributed by atoms with Crippen LogP contribution in [-0.4, -0.2) is 0 Å². The first-order valence-electron chi connectivity index (χ1n) is 10.4. The minimum atomic E-state index is 0.0995. The van der Waals surface area contributed by atoms with E-state index in [0.717, 1.165) is 33.3 Å². The fourth-order valence-corrected chi connectivity index (χ4v) is 3.97. The molecule has 148 valence electrons. The van der Waals surface area contributed by atoms with Gasteiger partial charge in [0, 0.05) is 22.0 Å². The first-order chi connectivity index (χ1) is 14.5. The van der Waals surface area contributed by atoms with Gasteiger partial charge >= 0.3 is 0 Å². The van der Waals surface area contributed by atoms with Gasteiger partial charge in [0.1, 0.15) is 5.58 Å². The van der Waals surface area contributed by atoms with Crippen molar-refractivity contribution in [2.45, 2.75) is 26.2 Å². The van der Waals surface area contributed by atoms with Crippen LogP contribution in [0, 0.1) is 0 Å². The number of benzene rings is 4. The highest BCUT2D eigenvalue weighted by atomic mass is 16.3. The average Bonchev–Trinajstić information content (AvgIpc) is 3.13. The topological polar surface area (TPSA) is 25.2 Å². The first-order valence-corrected chi connectivity index (χ1v) is 10.4. The maximum atomic E-state index is 6.31. The minimum Gasteiger partial charge on any atom is -0.454 e. The zero-order valence-electron chi connectivity index (χ0n) is 17.6. The number of nitrogens with one attached hydrogen (secondary N) is 1. The third-order valence-electron chi connectivity index (χ3n) is 5.64. The Kier molecular flexibility index (Phi) is 4.36. The first kappa shape index (κ1) is 18.5. The molecular formula is C28H25NO. The zero-order chi connectivity index (χ0) is 20.7. The molecule has 0 aliphatic rings. The highest BCUT2D eigenvalue weighted by molar-refractivity contribution is 6.09. The van der Waals surface area contributed by atoms with Crippen molar-refractivity contribution in [3.05, 3.63) is 96.6 Å². The van der Waals surface area contributed by atoms with Crippen LogP contribution in [0.25, 0.3) is 33.1 Å². The predicted molar refractivity (Wildman–Crippen MR) is 128 cm³/mol. The average molecular weight is 392 g/mol. The molecule has 30 heavy (non-hydrogen) atoms. The van der Waals surface area contributed by atoms with Crippen molar-refractivity contribution in [2.24, 2.45) is 0 Å². The fourth-order valence-electron chi connectivity index (χ4n) is 3.97. The number of rotatable bonds is 3. The Bertz CT molecular complexity index is 1340. The van der Waals surface area contributed by atoms with Gasteiger partial charge < -0.3 is 9.73 Å². The predicted octanol–water partition coefficient (Wildman–Crippen LogP) is 8.29. The molecule has 4 aromatic carbocycles. The van der Waals surface area contributed by atoms with E-state index >= 15 is 0 Å². The molecule has 5 rings (SSSR count). The third-order valence-corrected chi connectivity index (χ3v) is 5.64. The van der Waals surface area contributed by atoms with Gasteiger partial charge in [-0.05, 0) is 40.8 Å². The van der Waals surface area contributed by atoms with Crippen LogP contribution in [0.1, 0.15) is 26.3 Å². The van der Waals surface area contributed by atoms with Gasteiger partial charge in [-0.3, -0.25) is 0 Å². The van der Waals surface area contributed by atoms with Crippen molar-refractivity contribution in [1.82, 2.24) is 0 Å². The number of fused-ring (bicyclic) bond motifs is 3. The Morgan fingerprint density at radius 2 is 1.40 bits per heavy atom. The van der Waals surface area contributed by atoms with E-state index in [4.69, 9.17) is 4.42 Å². The number of hydrogen-bond acceptors (Lipinski definition) is 2. The molecule has 0 aliphatic heterocycles. The van der Waals surface area contributed by atoms with E-state index in [1.807, 2.05) is 6.07 Å². The van der Waals surface area contributed by atoms with Crippen LogP contribution in [0.3, 0.4) is 0 Å². The monoisotopic (exact) mass is 391 g/mol. The van der Waals surface area contributed by atoms with Crippen LogP contribution >= 0.6 is 0 Å². The van der Waals surface area contributed by atoms with E-state index < -0.39 is 0 Å². The summed E-state index contributed by atoms with van der Waals surface area (Å²) in [4.78, 5) is 0. The van der Waals surface area contributed by atoms with Crippen LogP contribution in [0.2, 0.25) is 0 Å². The largest absolute Gasteiger partial charge is 0.454 e. The summed E-state index contributed by atoms with van der Waals surface area (Å²) in [5.41, 5.74) is 7.61. The third kappa shape index (κ3) is 3.25. The second-order valence-electron chi connectivity index (χ2n) is 8.78. The second kappa shape index (κ2) is 7.07. The molecule has 1 N–H and O–H groups in total. The van der Waals surface area contributed by atoms with Gasteiger partial charge in [-0.1, -0.05) is 87.5 Å². The standard InChI is InChI=1S/C28H25NO/c1-28(2,3)20-16-17-26-23(18-20)22-13-9-15-25(27(22)30-26)29-24-14-8-7-12-21(24)19-10-5-4-6-11-19/h4-18,29H,1-3H3. The molecular weight excluding hydrogens is 366 g/mol. The van der Waals surface area contributed by atoms with E-state index in [0.29, 0.717) is 0 Å². The van der Waals surface area contributed by atoms with Gasteiger partial charge in [-0.25, -0.2) is 0 Å². The molecule has 2 heteroatoms. The van der Waals surface area contributed by atoms with Crippen LogP contribution < -0.4 is 5.32 Å². The van der Waals surface area contributed by atoms with Crippen molar-refractivity contribution in [1.29, 1.82) is 0 Å². The number of furan rings is 1. The molecule has 0 bridgehead atoms. The summed E-state index contributed by atoms with van der Waals surface area (Å²) in [6, 6.07) is 31.7. The maximum absolute atomic E-state index is 6.31. The van der Waals surface area contributed by atoms with Crippen molar-refractivity contribution in [2.75, 3.05) is 5.32 Å². The Morgan fingerprint density at radius 1 is 0.667 bits per heavy atom. The van der Waals surface area contributed by atoms with Crippen LogP contribution in [-0.2, 0) is 5.41 Å². The van der Waals surface area contributed by atoms with Crippen molar-refractivity contribution >= 4 is 33.3 Å². The van der Waals surface area contributed by atoms with Crippen molar-refractivity contribution < 1.29 is 4.42 Å². The summed E-state index contributed by atoms with van der Waals surface area (Å²) in [6.07, 6.45) is 0. The fraction of sp³-hybridized carbons (Fsp3) is 0.143. The van der Waals surface area contributed by atoms with Gasteiger partial charge in [-0.15, -0.1) is 0 Å². The molecule has 0 saturated heterocycles. The second-order valence-corrected chi connectivity index (χ2v) is 8.78. The van der Waals surface area contributed by atoms with E-state index in [2.05, 4.69) is 111 Å². The summed E-state index contributed by atoms with van der Waals surface area (Å²) in [5.74, 6) is 0. The normalized spacial score (nSPS) is 11.8. The lowest BCUT2D eigenvalue weighted by Crippen LogP contribution is -2.10. The Morgan fingerprint density at radius 3 is 2.20 bits per heavy atom. The molecule has 1 aromatic heterocycles. The minimum absolute atomic E-state index is 0.0995. The number of anilines is 2. The van der Waals surface area contributed by atoms with E-state index in [1.54, 1.807) is 0 Å². The van der Waals surface area contributed by atoms with Crippen LogP contribution in [0.15, 0.2) is 95.4 Å². The molecule has 1 heterocycles. The Balaban J connectivity index is 1.63. The van der Waals surface area contributed by atoms with Gasteiger partial charge in [0.15, 0.2) is 5.58 Å². The molecule has 0 amide bonds. The van der Waals surface area contributed by atoms with Crippen molar-refractivity contribution in [3.63, 3.8) is 0 Å². The molecule has 2 nitrogen and oxygen atoms in total. The quantitative estimate of drug-likeness (QED) is 0.334. The molecule has 5 aromatic rings.